The lowest BCUT2D eigenvalue weighted by Crippen LogP contribution is -1.95. The van der Waals surface area contributed by atoms with Crippen LogP contribution in [0.3, 0.4) is 0 Å². The molecule has 0 aliphatic carbocycles. The van der Waals surface area contributed by atoms with Crippen LogP contribution in [0.4, 0.5) is 8.78 Å². The van der Waals surface area contributed by atoms with Gasteiger partial charge in [0.2, 0.25) is 0 Å². The fourth-order valence-corrected chi connectivity index (χ4v) is 5.09. The highest BCUT2D eigenvalue weighted by atomic mass is 79.9. The van der Waals surface area contributed by atoms with E-state index in [-0.39, 0.29) is 9.85 Å². The van der Waals surface area contributed by atoms with Crippen LogP contribution in [-0.2, 0) is 0 Å². The van der Waals surface area contributed by atoms with Gasteiger partial charge in [-0.05, 0) is 35.2 Å². The molecule has 0 spiro atoms. The molecule has 1 aromatic carbocycles. The van der Waals surface area contributed by atoms with Gasteiger partial charge in [-0.25, -0.2) is 8.78 Å². The Morgan fingerprint density at radius 3 is 2.58 bits per heavy atom. The lowest BCUT2D eigenvalue weighted by molar-refractivity contribution is 0.507. The zero-order valence-electron chi connectivity index (χ0n) is 9.29. The third-order valence-corrected chi connectivity index (χ3v) is 6.50. The Bertz CT molecular complexity index is 722. The number of halogens is 4. The number of rotatable bonds is 2. The van der Waals surface area contributed by atoms with E-state index >= 15 is 0 Å². The van der Waals surface area contributed by atoms with Crippen molar-refractivity contribution in [3.8, 4) is 0 Å². The van der Waals surface area contributed by atoms with E-state index in [2.05, 4.69) is 15.9 Å². The van der Waals surface area contributed by atoms with Crippen LogP contribution in [-0.4, -0.2) is 0 Å². The van der Waals surface area contributed by atoms with E-state index < -0.39 is 11.6 Å². The fraction of sp³-hybridized carbons (Fsp3) is 0.0769. The molecular weight excluding hydrogens is 374 g/mol. The van der Waals surface area contributed by atoms with Gasteiger partial charge in [-0.15, -0.1) is 22.7 Å². The minimum atomic E-state index is -0.930. The van der Waals surface area contributed by atoms with Crippen LogP contribution in [0.15, 0.2) is 29.6 Å². The average molecular weight is 380 g/mol. The van der Waals surface area contributed by atoms with Crippen molar-refractivity contribution in [2.24, 2.45) is 0 Å². The van der Waals surface area contributed by atoms with E-state index in [9.17, 15) is 8.78 Å². The molecule has 0 nitrogen and oxygen atoms in total. The van der Waals surface area contributed by atoms with Crippen molar-refractivity contribution in [2.75, 3.05) is 0 Å². The maximum atomic E-state index is 13.3. The Morgan fingerprint density at radius 1 is 1.11 bits per heavy atom. The summed E-state index contributed by atoms with van der Waals surface area (Å²) in [5, 5.41) is 2.25. The summed E-state index contributed by atoms with van der Waals surface area (Å²) in [6, 6.07) is 6.24. The van der Waals surface area contributed by atoms with Crippen LogP contribution in [0, 0.1) is 11.6 Å². The molecule has 0 bridgehead atoms. The van der Waals surface area contributed by atoms with E-state index in [1.165, 1.54) is 9.40 Å². The predicted octanol–water partition coefficient (Wildman–Crippen LogP) is 6.38. The van der Waals surface area contributed by atoms with Gasteiger partial charge in [-0.3, -0.25) is 0 Å². The summed E-state index contributed by atoms with van der Waals surface area (Å²) >= 11 is 12.8. The Kier molecular flexibility index (Phi) is 3.64. The third-order valence-electron chi connectivity index (χ3n) is 2.72. The van der Waals surface area contributed by atoms with Gasteiger partial charge in [0.15, 0.2) is 11.6 Å². The quantitative estimate of drug-likeness (QED) is 0.358. The van der Waals surface area contributed by atoms with Crippen LogP contribution >= 0.6 is 50.2 Å². The molecule has 2 heterocycles. The number of alkyl halides is 1. The minimum absolute atomic E-state index is 0.220. The van der Waals surface area contributed by atoms with Gasteiger partial charge in [-0.2, -0.15) is 0 Å². The molecule has 0 amide bonds. The van der Waals surface area contributed by atoms with Crippen molar-refractivity contribution < 1.29 is 8.78 Å². The second kappa shape index (κ2) is 5.13. The first kappa shape index (κ1) is 13.5. The van der Waals surface area contributed by atoms with Gasteiger partial charge in [0.1, 0.15) is 0 Å². The summed E-state index contributed by atoms with van der Waals surface area (Å²) in [7, 11) is 0. The highest BCUT2D eigenvalue weighted by Crippen LogP contribution is 2.42. The number of benzene rings is 1. The van der Waals surface area contributed by atoms with E-state index in [4.69, 9.17) is 11.6 Å². The molecular formula is C13H6BrClF2S2. The molecule has 0 saturated carbocycles. The van der Waals surface area contributed by atoms with Crippen LogP contribution < -0.4 is 0 Å². The number of thiophene rings is 2. The molecule has 3 aromatic rings. The maximum absolute atomic E-state index is 13.3. The van der Waals surface area contributed by atoms with Crippen molar-refractivity contribution in [1.82, 2.24) is 0 Å². The van der Waals surface area contributed by atoms with Gasteiger partial charge in [0.05, 0.1) is 4.83 Å². The van der Waals surface area contributed by atoms with Crippen LogP contribution in [0.2, 0.25) is 5.02 Å². The van der Waals surface area contributed by atoms with Crippen LogP contribution in [0.1, 0.15) is 15.3 Å². The summed E-state index contributed by atoms with van der Waals surface area (Å²) in [6.45, 7) is 0. The molecule has 0 radical (unpaired) electrons. The van der Waals surface area contributed by atoms with Gasteiger partial charge < -0.3 is 0 Å². The van der Waals surface area contributed by atoms with Crippen LogP contribution in [0.5, 0.6) is 0 Å². The van der Waals surface area contributed by atoms with Crippen LogP contribution in [0.25, 0.3) is 9.40 Å². The van der Waals surface area contributed by atoms with Gasteiger partial charge in [-0.1, -0.05) is 27.5 Å². The normalized spacial score (nSPS) is 13.1. The molecule has 0 saturated heterocycles. The first-order valence-corrected chi connectivity index (χ1v) is 8.30. The molecule has 0 aliphatic heterocycles. The molecule has 19 heavy (non-hydrogen) atoms. The smallest absolute Gasteiger partial charge is 0.160 e. The standard InChI is InChI=1S/C13H6BrClF2S2/c14-13(6-3-8(16)9(17)4-7(6)15)12-5-11-10(19-12)1-2-18-11/h1-5,13H. The van der Waals surface area contributed by atoms with Gasteiger partial charge >= 0.3 is 0 Å². The predicted molar refractivity (Wildman–Crippen MR) is 81.8 cm³/mol. The van der Waals surface area contributed by atoms with E-state index in [1.807, 2.05) is 17.5 Å². The van der Waals surface area contributed by atoms with Gasteiger partial charge in [0, 0.05) is 19.3 Å². The number of fused-ring (bicyclic) bond motifs is 1. The monoisotopic (exact) mass is 378 g/mol. The molecule has 2 aromatic heterocycles. The number of hydrogen-bond donors (Lipinski definition) is 0. The first-order chi connectivity index (χ1) is 9.06. The summed E-state index contributed by atoms with van der Waals surface area (Å²) in [5.41, 5.74) is 0.537. The third kappa shape index (κ3) is 2.44. The Balaban J connectivity index is 2.06. The molecule has 1 atom stereocenters. The highest BCUT2D eigenvalue weighted by molar-refractivity contribution is 9.09. The van der Waals surface area contributed by atoms with Crippen molar-refractivity contribution in [2.45, 2.75) is 4.83 Å². The summed E-state index contributed by atoms with van der Waals surface area (Å²) in [6.07, 6.45) is 0. The van der Waals surface area contributed by atoms with Crippen molar-refractivity contribution >= 4 is 59.6 Å². The molecule has 0 fully saturated rings. The fourth-order valence-electron chi connectivity index (χ4n) is 1.79. The minimum Gasteiger partial charge on any atom is -0.204 e. The topological polar surface area (TPSA) is 0 Å². The molecule has 3 rings (SSSR count). The van der Waals surface area contributed by atoms with E-state index in [1.54, 1.807) is 22.7 Å². The summed E-state index contributed by atoms with van der Waals surface area (Å²) < 4.78 is 28.8. The summed E-state index contributed by atoms with van der Waals surface area (Å²) in [5.74, 6) is -1.82. The SMILES string of the molecule is Fc1cc(Cl)c(C(Br)c2cc3sccc3s2)cc1F. The lowest BCUT2D eigenvalue weighted by Gasteiger charge is -2.10. The van der Waals surface area contributed by atoms with E-state index in [0.717, 1.165) is 17.0 Å². The molecule has 0 N–H and O–H groups in total. The van der Waals surface area contributed by atoms with E-state index in [0.29, 0.717) is 5.56 Å². The molecule has 1 unspecified atom stereocenters. The molecule has 6 heteroatoms. The Hall–Kier alpha value is -0.490. The first-order valence-electron chi connectivity index (χ1n) is 5.31. The Labute approximate surface area is 129 Å². The second-order valence-corrected chi connectivity index (χ2v) is 7.33. The molecule has 0 aliphatic rings. The van der Waals surface area contributed by atoms with Crippen molar-refractivity contribution in [3.05, 3.63) is 56.7 Å². The van der Waals surface area contributed by atoms with Gasteiger partial charge in [0.25, 0.3) is 0 Å². The van der Waals surface area contributed by atoms with Crippen molar-refractivity contribution in [1.29, 1.82) is 0 Å². The maximum Gasteiger partial charge on any atom is 0.160 e. The lowest BCUT2D eigenvalue weighted by atomic mass is 10.1. The molecule has 98 valence electrons. The Morgan fingerprint density at radius 2 is 1.84 bits per heavy atom. The average Bonchev–Trinajstić information content (AvgIpc) is 2.93. The second-order valence-electron chi connectivity index (χ2n) is 3.95. The van der Waals surface area contributed by atoms with Crippen molar-refractivity contribution in [3.63, 3.8) is 0 Å². The largest absolute Gasteiger partial charge is 0.204 e. The zero-order valence-corrected chi connectivity index (χ0v) is 13.3. The highest BCUT2D eigenvalue weighted by Gasteiger charge is 2.19. The zero-order chi connectivity index (χ0) is 13.6. The summed E-state index contributed by atoms with van der Waals surface area (Å²) in [4.78, 5) is 0.787. The number of hydrogen-bond acceptors (Lipinski definition) is 2.